The van der Waals surface area contributed by atoms with E-state index in [1.807, 2.05) is 0 Å². The highest BCUT2D eigenvalue weighted by Gasteiger charge is 2.28. The second-order valence-corrected chi connectivity index (χ2v) is 14.0. The fourth-order valence-corrected chi connectivity index (χ4v) is 6.10. The Kier molecular flexibility index (Phi) is 35.2. The first kappa shape index (κ1) is 45.8. The zero-order chi connectivity index (χ0) is 34.6. The molecule has 0 bridgehead atoms. The molecule has 4 unspecified atom stereocenters. The van der Waals surface area contributed by atoms with Crippen LogP contribution in [0.5, 0.6) is 0 Å². The molecule has 0 heterocycles. The number of carbonyl (C=O) groups is 1. The molecule has 0 radical (unpaired) electrons. The molecular formula is C41H79NO5. The SMILES string of the molecule is CCCCC/C=C/CCCC(O)C(O)C(CO)NC(=O)C(O)CCCCCCCCC/C=C\CCCCCCCCCCCCCC. The molecule has 4 atom stereocenters. The number of amides is 1. The second-order valence-electron chi connectivity index (χ2n) is 14.0. The molecule has 0 saturated heterocycles. The van der Waals surface area contributed by atoms with Gasteiger partial charge in [-0.3, -0.25) is 4.79 Å². The maximum absolute atomic E-state index is 12.4. The fourth-order valence-electron chi connectivity index (χ4n) is 6.10. The van der Waals surface area contributed by atoms with Crippen LogP contribution in [0.1, 0.15) is 200 Å². The van der Waals surface area contributed by atoms with Crippen LogP contribution in [0.2, 0.25) is 0 Å². The molecular weight excluding hydrogens is 586 g/mol. The van der Waals surface area contributed by atoms with Crippen molar-refractivity contribution >= 4 is 5.91 Å². The summed E-state index contributed by atoms with van der Waals surface area (Å²) in [5, 5.41) is 43.3. The van der Waals surface area contributed by atoms with E-state index in [0.717, 1.165) is 32.1 Å². The Morgan fingerprint density at radius 2 is 0.872 bits per heavy atom. The summed E-state index contributed by atoms with van der Waals surface area (Å²) >= 11 is 0. The van der Waals surface area contributed by atoms with E-state index in [4.69, 9.17) is 0 Å². The van der Waals surface area contributed by atoms with Crippen molar-refractivity contribution in [2.75, 3.05) is 6.61 Å². The average molecular weight is 666 g/mol. The molecule has 0 saturated carbocycles. The Balaban J connectivity index is 3.69. The first-order chi connectivity index (χ1) is 23.0. The summed E-state index contributed by atoms with van der Waals surface area (Å²) in [6, 6.07) is -0.999. The largest absolute Gasteiger partial charge is 0.394 e. The summed E-state index contributed by atoms with van der Waals surface area (Å²) in [7, 11) is 0. The maximum Gasteiger partial charge on any atom is 0.249 e. The monoisotopic (exact) mass is 666 g/mol. The van der Waals surface area contributed by atoms with Crippen LogP contribution in [0.25, 0.3) is 0 Å². The number of aliphatic hydroxyl groups excluding tert-OH is 4. The number of unbranched alkanes of at least 4 members (excludes halogenated alkanes) is 23. The minimum absolute atomic E-state index is 0.358. The minimum atomic E-state index is -1.28. The van der Waals surface area contributed by atoms with Crippen LogP contribution >= 0.6 is 0 Å². The van der Waals surface area contributed by atoms with Crippen LogP contribution in [-0.2, 0) is 4.79 Å². The molecule has 0 aromatic rings. The fraction of sp³-hybridized carbons (Fsp3) is 0.878. The summed E-state index contributed by atoms with van der Waals surface area (Å²) in [5.41, 5.74) is 0. The van der Waals surface area contributed by atoms with Gasteiger partial charge in [0, 0.05) is 0 Å². The van der Waals surface area contributed by atoms with Crippen molar-refractivity contribution in [1.82, 2.24) is 5.32 Å². The first-order valence-corrected chi connectivity index (χ1v) is 20.2. The third-order valence-corrected chi connectivity index (χ3v) is 9.38. The van der Waals surface area contributed by atoms with Crippen LogP contribution < -0.4 is 5.32 Å². The van der Waals surface area contributed by atoms with Gasteiger partial charge in [-0.1, -0.05) is 160 Å². The summed E-state index contributed by atoms with van der Waals surface area (Å²) in [6.45, 7) is 3.97. The molecule has 47 heavy (non-hydrogen) atoms. The molecule has 6 heteroatoms. The van der Waals surface area contributed by atoms with Gasteiger partial charge in [-0.15, -0.1) is 0 Å². The van der Waals surface area contributed by atoms with Gasteiger partial charge >= 0.3 is 0 Å². The van der Waals surface area contributed by atoms with Gasteiger partial charge in [-0.25, -0.2) is 0 Å². The van der Waals surface area contributed by atoms with Crippen molar-refractivity contribution in [2.45, 2.75) is 224 Å². The van der Waals surface area contributed by atoms with Crippen molar-refractivity contribution in [2.24, 2.45) is 0 Å². The van der Waals surface area contributed by atoms with E-state index in [0.29, 0.717) is 19.3 Å². The third-order valence-electron chi connectivity index (χ3n) is 9.38. The van der Waals surface area contributed by atoms with Crippen LogP contribution in [0, 0.1) is 0 Å². The zero-order valence-corrected chi connectivity index (χ0v) is 31.0. The molecule has 278 valence electrons. The molecule has 0 aliphatic heterocycles. The predicted molar refractivity (Wildman–Crippen MR) is 201 cm³/mol. The molecule has 0 aromatic carbocycles. The van der Waals surface area contributed by atoms with E-state index < -0.39 is 36.9 Å². The lowest BCUT2D eigenvalue weighted by Gasteiger charge is -2.27. The highest BCUT2D eigenvalue weighted by atomic mass is 16.3. The summed E-state index contributed by atoms with van der Waals surface area (Å²) < 4.78 is 0. The molecule has 0 fully saturated rings. The lowest BCUT2D eigenvalue weighted by molar-refractivity contribution is -0.132. The van der Waals surface area contributed by atoms with Gasteiger partial charge in [-0.2, -0.15) is 0 Å². The number of nitrogens with one attached hydrogen (secondary N) is 1. The smallest absolute Gasteiger partial charge is 0.249 e. The van der Waals surface area contributed by atoms with Gasteiger partial charge in [0.15, 0.2) is 0 Å². The van der Waals surface area contributed by atoms with Crippen molar-refractivity contribution < 1.29 is 25.2 Å². The number of aliphatic hydroxyl groups is 4. The van der Waals surface area contributed by atoms with Gasteiger partial charge in [-0.05, 0) is 64.2 Å². The van der Waals surface area contributed by atoms with E-state index in [-0.39, 0.29) is 0 Å². The van der Waals surface area contributed by atoms with Crippen molar-refractivity contribution in [3.8, 4) is 0 Å². The molecule has 0 rings (SSSR count). The lowest BCUT2D eigenvalue weighted by Crippen LogP contribution is -2.53. The van der Waals surface area contributed by atoms with E-state index in [1.54, 1.807) is 0 Å². The maximum atomic E-state index is 12.4. The molecule has 0 aliphatic carbocycles. The zero-order valence-electron chi connectivity index (χ0n) is 31.0. The third kappa shape index (κ3) is 30.6. The van der Waals surface area contributed by atoms with Gasteiger partial charge < -0.3 is 25.7 Å². The van der Waals surface area contributed by atoms with E-state index in [2.05, 4.69) is 43.5 Å². The Labute approximate surface area is 291 Å². The van der Waals surface area contributed by atoms with Crippen molar-refractivity contribution in [3.05, 3.63) is 24.3 Å². The Bertz CT molecular complexity index is 712. The highest BCUT2D eigenvalue weighted by Crippen LogP contribution is 2.15. The molecule has 1 amide bonds. The van der Waals surface area contributed by atoms with Crippen LogP contribution in [0.15, 0.2) is 24.3 Å². The molecule has 5 N–H and O–H groups in total. The number of hydrogen-bond acceptors (Lipinski definition) is 5. The van der Waals surface area contributed by atoms with Crippen LogP contribution in [0.3, 0.4) is 0 Å². The van der Waals surface area contributed by atoms with Gasteiger partial charge in [0.25, 0.3) is 0 Å². The number of hydrogen-bond donors (Lipinski definition) is 5. The van der Waals surface area contributed by atoms with E-state index in [9.17, 15) is 25.2 Å². The number of rotatable bonds is 36. The first-order valence-electron chi connectivity index (χ1n) is 20.2. The van der Waals surface area contributed by atoms with E-state index >= 15 is 0 Å². The van der Waals surface area contributed by atoms with E-state index in [1.165, 1.54) is 135 Å². The highest BCUT2D eigenvalue weighted by molar-refractivity contribution is 5.80. The molecule has 0 aliphatic rings. The summed E-state index contributed by atoms with van der Waals surface area (Å²) in [5.74, 6) is -0.600. The van der Waals surface area contributed by atoms with Gasteiger partial charge in [0.1, 0.15) is 12.2 Å². The van der Waals surface area contributed by atoms with Crippen molar-refractivity contribution in [3.63, 3.8) is 0 Å². The lowest BCUT2D eigenvalue weighted by atomic mass is 10.00. The summed E-state index contributed by atoms with van der Waals surface area (Å²) in [4.78, 5) is 12.4. The molecule has 0 aromatic heterocycles. The molecule has 6 nitrogen and oxygen atoms in total. The predicted octanol–water partition coefficient (Wildman–Crippen LogP) is 10.0. The molecule has 0 spiro atoms. The Morgan fingerprint density at radius 1 is 0.511 bits per heavy atom. The number of allylic oxidation sites excluding steroid dienone is 4. The number of carbonyl (C=O) groups excluding carboxylic acids is 1. The standard InChI is InChI=1S/C41H79NO5/c1-3-5-7-9-11-13-14-15-16-17-18-19-20-21-22-23-24-25-26-27-29-31-33-35-39(45)41(47)42-37(36-43)40(46)38(44)34-32-30-28-12-10-8-6-4-2/h12,21-22,28,37-40,43-46H,3-11,13-20,23-27,29-36H2,1-2H3,(H,42,47)/b22-21-,28-12+. The second kappa shape index (κ2) is 36.1. The summed E-state index contributed by atoms with van der Waals surface area (Å²) in [6.07, 6.45) is 39.4. The Morgan fingerprint density at radius 3 is 1.32 bits per heavy atom. The topological polar surface area (TPSA) is 110 Å². The Hall–Kier alpha value is -1.21. The average Bonchev–Trinajstić information content (AvgIpc) is 3.08. The quantitative estimate of drug-likeness (QED) is 0.0338. The minimum Gasteiger partial charge on any atom is -0.394 e. The van der Waals surface area contributed by atoms with Crippen molar-refractivity contribution in [1.29, 1.82) is 0 Å². The van der Waals surface area contributed by atoms with Crippen LogP contribution in [0.4, 0.5) is 0 Å². The van der Waals surface area contributed by atoms with Gasteiger partial charge in [0.05, 0.1) is 18.8 Å². The van der Waals surface area contributed by atoms with Gasteiger partial charge in [0.2, 0.25) is 5.91 Å². The normalized spacial score (nSPS) is 14.6. The van der Waals surface area contributed by atoms with Crippen LogP contribution in [-0.4, -0.2) is 57.3 Å².